The van der Waals surface area contributed by atoms with E-state index in [1.165, 1.54) is 18.2 Å². The van der Waals surface area contributed by atoms with Crippen molar-refractivity contribution in [2.45, 2.75) is 51.7 Å². The molecule has 0 N–H and O–H groups in total. The average molecular weight is 294 g/mol. The fourth-order valence-electron chi connectivity index (χ4n) is 2.14. The van der Waals surface area contributed by atoms with Crippen molar-refractivity contribution in [1.82, 2.24) is 0 Å². The Kier molecular flexibility index (Phi) is 4.27. The molecule has 2 rings (SSSR count). The zero-order chi connectivity index (χ0) is 15.8. The van der Waals surface area contributed by atoms with Crippen LogP contribution in [0.4, 0.5) is 8.78 Å². The Balaban J connectivity index is 2.13. The molecule has 5 heteroatoms. The van der Waals surface area contributed by atoms with Gasteiger partial charge in [-0.1, -0.05) is 19.1 Å². The molecule has 1 unspecified atom stereocenters. The summed E-state index contributed by atoms with van der Waals surface area (Å²) in [4.78, 5) is 0. The van der Waals surface area contributed by atoms with Gasteiger partial charge in [0.15, 0.2) is 0 Å². The molecular weight excluding hydrogens is 273 g/mol. The van der Waals surface area contributed by atoms with Gasteiger partial charge in [-0.3, -0.25) is 0 Å². The van der Waals surface area contributed by atoms with E-state index in [0.29, 0.717) is 0 Å². The summed E-state index contributed by atoms with van der Waals surface area (Å²) < 4.78 is 38.6. The summed E-state index contributed by atoms with van der Waals surface area (Å²) in [5.74, 6) is -0.494. The Morgan fingerprint density at radius 2 is 1.57 bits per heavy atom. The van der Waals surface area contributed by atoms with E-state index in [1.54, 1.807) is 12.1 Å². The third kappa shape index (κ3) is 3.35. The van der Waals surface area contributed by atoms with Gasteiger partial charge in [-0.25, -0.2) is 8.78 Å². The molecule has 0 radical (unpaired) electrons. The van der Waals surface area contributed by atoms with Crippen LogP contribution in [0.1, 0.15) is 46.1 Å². The summed E-state index contributed by atoms with van der Waals surface area (Å²) in [7, 11) is -0.988. The number of halogens is 2. The maximum Gasteiger partial charge on any atom is 0.524 e. The zero-order valence-corrected chi connectivity index (χ0v) is 13.1. The molecule has 1 fully saturated rings. The molecule has 0 aliphatic carbocycles. The topological polar surface area (TPSA) is 18.5 Å². The Bertz CT molecular complexity index is 522. The van der Waals surface area contributed by atoms with Gasteiger partial charge in [0.1, 0.15) is 11.5 Å². The molecule has 114 valence electrons. The van der Waals surface area contributed by atoms with Gasteiger partial charge in [0.25, 0.3) is 0 Å². The minimum atomic E-state index is -0.988. The van der Waals surface area contributed by atoms with E-state index in [2.05, 4.69) is 0 Å². The maximum atomic E-state index is 14.3. The molecule has 0 amide bonds. The van der Waals surface area contributed by atoms with E-state index >= 15 is 0 Å². The van der Waals surface area contributed by atoms with Crippen LogP contribution in [0.25, 0.3) is 0 Å². The third-order valence-electron chi connectivity index (χ3n) is 4.28. The van der Waals surface area contributed by atoms with Crippen LogP contribution in [0.5, 0.6) is 0 Å². The van der Waals surface area contributed by atoms with Crippen LogP contribution in [-0.4, -0.2) is 18.3 Å². The minimum Gasteiger partial charge on any atom is -0.398 e. The normalized spacial score (nSPS) is 22.4. The molecule has 1 aliphatic heterocycles. The highest BCUT2D eigenvalue weighted by Crippen LogP contribution is 2.39. The molecule has 1 aromatic rings. The van der Waals surface area contributed by atoms with Gasteiger partial charge < -0.3 is 9.31 Å². The standard InChI is InChI=1S/C16H21BF2O2/c1-11(12-6-8-13(18)9-7-12)10-14(19)17-20-15(2,3)16(4,5)21-17/h6-11H,1-5H3. The van der Waals surface area contributed by atoms with E-state index in [1.807, 2.05) is 34.6 Å². The van der Waals surface area contributed by atoms with Crippen molar-refractivity contribution < 1.29 is 18.1 Å². The van der Waals surface area contributed by atoms with Gasteiger partial charge in [0.2, 0.25) is 0 Å². The first-order valence-electron chi connectivity index (χ1n) is 7.11. The minimum absolute atomic E-state index is 0.190. The third-order valence-corrected chi connectivity index (χ3v) is 4.28. The second-order valence-corrected chi connectivity index (χ2v) is 6.48. The predicted octanol–water partition coefficient (Wildman–Crippen LogP) is 4.41. The van der Waals surface area contributed by atoms with Crippen LogP contribution in [0.2, 0.25) is 0 Å². The van der Waals surface area contributed by atoms with Gasteiger partial charge in [-0.2, -0.15) is 0 Å². The Morgan fingerprint density at radius 1 is 1.10 bits per heavy atom. The lowest BCUT2D eigenvalue weighted by Gasteiger charge is -2.32. The first kappa shape index (κ1) is 16.2. The number of allylic oxidation sites excluding steroid dienone is 1. The van der Waals surface area contributed by atoms with Crippen molar-refractivity contribution in [2.75, 3.05) is 0 Å². The molecular formula is C16H21BF2O2. The molecule has 1 heterocycles. The lowest BCUT2D eigenvalue weighted by Crippen LogP contribution is -2.41. The van der Waals surface area contributed by atoms with Crippen molar-refractivity contribution in [2.24, 2.45) is 0 Å². The fraction of sp³-hybridized carbons (Fsp3) is 0.500. The molecule has 0 saturated carbocycles. The smallest absolute Gasteiger partial charge is 0.398 e. The van der Waals surface area contributed by atoms with Crippen LogP contribution in [0.15, 0.2) is 36.1 Å². The molecule has 1 aromatic carbocycles. The Hall–Kier alpha value is -1.20. The Labute approximate surface area is 125 Å². The number of rotatable bonds is 3. The highest BCUT2D eigenvalue weighted by atomic mass is 19.1. The first-order valence-corrected chi connectivity index (χ1v) is 7.11. The molecule has 0 spiro atoms. The first-order chi connectivity index (χ1) is 9.62. The van der Waals surface area contributed by atoms with Gasteiger partial charge in [0.05, 0.1) is 11.2 Å². The van der Waals surface area contributed by atoms with Gasteiger partial charge in [-0.05, 0) is 51.5 Å². The maximum absolute atomic E-state index is 14.3. The van der Waals surface area contributed by atoms with Crippen LogP contribution >= 0.6 is 0 Å². The summed E-state index contributed by atoms with van der Waals surface area (Å²) in [5, 5.41) is 0. The van der Waals surface area contributed by atoms with Gasteiger partial charge in [-0.15, -0.1) is 0 Å². The van der Waals surface area contributed by atoms with Gasteiger partial charge in [0, 0.05) is 5.92 Å². The molecule has 21 heavy (non-hydrogen) atoms. The molecule has 1 saturated heterocycles. The van der Waals surface area contributed by atoms with E-state index in [0.717, 1.165) is 5.56 Å². The largest absolute Gasteiger partial charge is 0.524 e. The van der Waals surface area contributed by atoms with Crippen LogP contribution in [0.3, 0.4) is 0 Å². The predicted molar refractivity (Wildman–Crippen MR) is 80.1 cm³/mol. The fourth-order valence-corrected chi connectivity index (χ4v) is 2.14. The average Bonchev–Trinajstić information content (AvgIpc) is 2.59. The van der Waals surface area contributed by atoms with Crippen molar-refractivity contribution in [3.63, 3.8) is 0 Å². The number of hydrogen-bond acceptors (Lipinski definition) is 2. The summed E-state index contributed by atoms with van der Waals surface area (Å²) in [5.41, 5.74) is -0.752. The van der Waals surface area contributed by atoms with E-state index < -0.39 is 24.0 Å². The lowest BCUT2D eigenvalue weighted by molar-refractivity contribution is 0.00578. The number of hydrogen-bond donors (Lipinski definition) is 0. The van der Waals surface area contributed by atoms with Crippen molar-refractivity contribution in [3.8, 4) is 0 Å². The summed E-state index contributed by atoms with van der Waals surface area (Å²) in [6, 6.07) is 6.03. The zero-order valence-electron chi connectivity index (χ0n) is 13.1. The van der Waals surface area contributed by atoms with Crippen LogP contribution in [-0.2, 0) is 9.31 Å². The summed E-state index contributed by atoms with van der Waals surface area (Å²) in [6.07, 6.45) is 1.45. The summed E-state index contributed by atoms with van der Waals surface area (Å²) >= 11 is 0. The molecule has 0 bridgehead atoms. The van der Waals surface area contributed by atoms with Crippen molar-refractivity contribution in [3.05, 3.63) is 47.4 Å². The summed E-state index contributed by atoms with van der Waals surface area (Å²) in [6.45, 7) is 9.36. The van der Waals surface area contributed by atoms with Crippen LogP contribution in [0, 0.1) is 5.82 Å². The molecule has 2 nitrogen and oxygen atoms in total. The lowest BCUT2D eigenvalue weighted by atomic mass is 9.85. The quantitative estimate of drug-likeness (QED) is 0.769. The highest BCUT2D eigenvalue weighted by Gasteiger charge is 2.53. The highest BCUT2D eigenvalue weighted by molar-refractivity contribution is 6.53. The van der Waals surface area contributed by atoms with E-state index in [-0.39, 0.29) is 11.7 Å². The van der Waals surface area contributed by atoms with E-state index in [4.69, 9.17) is 9.31 Å². The molecule has 1 aliphatic rings. The second kappa shape index (κ2) is 5.54. The van der Waals surface area contributed by atoms with Crippen molar-refractivity contribution >= 4 is 7.12 Å². The van der Waals surface area contributed by atoms with Crippen molar-refractivity contribution in [1.29, 1.82) is 0 Å². The monoisotopic (exact) mass is 294 g/mol. The second-order valence-electron chi connectivity index (χ2n) is 6.48. The SMILES string of the molecule is CC(C=C(F)B1OC(C)(C)C(C)(C)O1)c1ccc(F)cc1. The number of benzene rings is 1. The van der Waals surface area contributed by atoms with Gasteiger partial charge >= 0.3 is 7.12 Å². The van der Waals surface area contributed by atoms with Crippen LogP contribution < -0.4 is 0 Å². The molecule has 0 aromatic heterocycles. The Morgan fingerprint density at radius 3 is 2.05 bits per heavy atom. The van der Waals surface area contributed by atoms with E-state index in [9.17, 15) is 8.78 Å². The molecule has 1 atom stereocenters.